The third kappa shape index (κ3) is 4.50. The van der Waals surface area contributed by atoms with Gasteiger partial charge in [0.2, 0.25) is 0 Å². The predicted octanol–water partition coefficient (Wildman–Crippen LogP) is 2.80. The summed E-state index contributed by atoms with van der Waals surface area (Å²) in [4.78, 5) is 0. The summed E-state index contributed by atoms with van der Waals surface area (Å²) < 4.78 is 12.9. The molecule has 0 aliphatic rings. The van der Waals surface area contributed by atoms with Gasteiger partial charge in [-0.3, -0.25) is 4.39 Å². The SMILES string of the molecule is CC(=[N-])C[CH-]c1ccccc1F.[U+2]. The maximum absolute atomic E-state index is 12.9. The molecule has 0 aliphatic carbocycles. The summed E-state index contributed by atoms with van der Waals surface area (Å²) in [5, 5.41) is 8.87. The van der Waals surface area contributed by atoms with Crippen molar-refractivity contribution in [3.05, 3.63) is 47.5 Å². The first-order valence-electron chi connectivity index (χ1n) is 3.79. The first-order valence-corrected chi connectivity index (χ1v) is 3.79. The molecular formula is C10H10FNU. The quantitative estimate of drug-likeness (QED) is 0.549. The van der Waals surface area contributed by atoms with Crippen molar-refractivity contribution in [1.82, 2.24) is 0 Å². The van der Waals surface area contributed by atoms with E-state index in [4.69, 9.17) is 5.41 Å². The minimum Gasteiger partial charge on any atom is -0.812 e. The van der Waals surface area contributed by atoms with Crippen LogP contribution in [0.4, 0.5) is 4.39 Å². The van der Waals surface area contributed by atoms with Gasteiger partial charge in [0.1, 0.15) is 0 Å². The molecule has 0 aliphatic heterocycles. The van der Waals surface area contributed by atoms with Crippen LogP contribution in [0.25, 0.3) is 5.41 Å². The Bertz CT molecular complexity index is 286. The maximum atomic E-state index is 12.9. The smallest absolute Gasteiger partial charge is 0.812 e. The van der Waals surface area contributed by atoms with Crippen molar-refractivity contribution < 1.29 is 35.5 Å². The molecule has 0 atom stereocenters. The van der Waals surface area contributed by atoms with Crippen molar-refractivity contribution in [2.45, 2.75) is 13.3 Å². The van der Waals surface area contributed by atoms with Gasteiger partial charge in [-0.1, -0.05) is 25.5 Å². The number of hydrogen-bond donors (Lipinski definition) is 0. The number of nitrogens with zero attached hydrogens (tertiary/aromatic N) is 1. The zero-order valence-corrected chi connectivity index (χ0v) is 11.6. The van der Waals surface area contributed by atoms with Gasteiger partial charge in [-0.25, -0.2) is 5.71 Å². The van der Waals surface area contributed by atoms with Crippen molar-refractivity contribution in [3.63, 3.8) is 0 Å². The van der Waals surface area contributed by atoms with Crippen LogP contribution in [-0.2, 0) is 0 Å². The van der Waals surface area contributed by atoms with E-state index in [0.717, 1.165) is 0 Å². The summed E-state index contributed by atoms with van der Waals surface area (Å²) in [5.74, 6) is -0.251. The van der Waals surface area contributed by atoms with E-state index in [1.165, 1.54) is 6.07 Å². The van der Waals surface area contributed by atoms with Crippen molar-refractivity contribution in [2.24, 2.45) is 0 Å². The molecule has 0 bridgehead atoms. The van der Waals surface area contributed by atoms with Gasteiger partial charge in [0.25, 0.3) is 0 Å². The fourth-order valence-corrected chi connectivity index (χ4v) is 0.898. The molecule has 1 aromatic rings. The largest absolute Gasteiger partial charge is 2.00 e. The van der Waals surface area contributed by atoms with Crippen LogP contribution < -0.4 is 0 Å². The van der Waals surface area contributed by atoms with Gasteiger partial charge in [0.05, 0.1) is 0 Å². The molecule has 3 heteroatoms. The number of rotatable bonds is 3. The summed E-state index contributed by atoms with van der Waals surface area (Å²) in [7, 11) is 0. The van der Waals surface area contributed by atoms with Crippen LogP contribution >= 0.6 is 0 Å². The van der Waals surface area contributed by atoms with Gasteiger partial charge in [0, 0.05) is 5.82 Å². The molecule has 0 saturated heterocycles. The van der Waals surface area contributed by atoms with Crippen LogP contribution in [-0.4, -0.2) is 5.71 Å². The Balaban J connectivity index is 0.00000144. The van der Waals surface area contributed by atoms with E-state index in [2.05, 4.69) is 0 Å². The molecule has 0 heterocycles. The molecule has 1 nitrogen and oxygen atoms in total. The first kappa shape index (κ1) is 12.7. The fourth-order valence-electron chi connectivity index (χ4n) is 0.898. The summed E-state index contributed by atoms with van der Waals surface area (Å²) in [6, 6.07) is 6.49. The minimum absolute atomic E-state index is 0. The van der Waals surface area contributed by atoms with Crippen molar-refractivity contribution in [2.75, 3.05) is 0 Å². The number of hydrogen-bond acceptors (Lipinski definition) is 0. The normalized spacial score (nSPS) is 8.77. The van der Waals surface area contributed by atoms with Gasteiger partial charge in [-0.2, -0.15) is 18.1 Å². The van der Waals surface area contributed by atoms with Crippen molar-refractivity contribution in [3.8, 4) is 0 Å². The summed E-state index contributed by atoms with van der Waals surface area (Å²) >= 11 is 0. The Morgan fingerprint density at radius 3 is 2.62 bits per heavy atom. The van der Waals surface area contributed by atoms with E-state index in [9.17, 15) is 4.39 Å². The maximum Gasteiger partial charge on any atom is 2.00 e. The molecule has 0 fully saturated rings. The minimum atomic E-state index is -0.251. The fraction of sp³-hybridized carbons (Fsp3) is 0.200. The number of benzene rings is 1. The second kappa shape index (κ2) is 6.23. The van der Waals surface area contributed by atoms with Crippen LogP contribution in [0.15, 0.2) is 24.3 Å². The summed E-state index contributed by atoms with van der Waals surface area (Å²) in [5.41, 5.74) is 0.823. The molecule has 0 N–H and O–H groups in total. The van der Waals surface area contributed by atoms with E-state index in [0.29, 0.717) is 17.7 Å². The molecule has 0 saturated carbocycles. The van der Waals surface area contributed by atoms with E-state index >= 15 is 0 Å². The molecule has 0 spiro atoms. The molecular weight excluding hydrogens is 391 g/mol. The number of halogens is 1. The zero-order valence-electron chi connectivity index (χ0n) is 7.42. The van der Waals surface area contributed by atoms with Crippen LogP contribution in [0.5, 0.6) is 0 Å². The Morgan fingerprint density at radius 2 is 2.08 bits per heavy atom. The van der Waals surface area contributed by atoms with Gasteiger partial charge >= 0.3 is 31.1 Å². The van der Waals surface area contributed by atoms with Crippen molar-refractivity contribution in [1.29, 1.82) is 0 Å². The van der Waals surface area contributed by atoms with Gasteiger partial charge in [-0.15, -0.1) is 6.07 Å². The molecule has 1 aromatic carbocycles. The van der Waals surface area contributed by atoms with Crippen LogP contribution in [0.3, 0.4) is 0 Å². The molecule has 0 radical (unpaired) electrons. The zero-order chi connectivity index (χ0) is 8.97. The predicted molar refractivity (Wildman–Crippen MR) is 48.5 cm³/mol. The van der Waals surface area contributed by atoms with Crippen LogP contribution in [0.2, 0.25) is 0 Å². The van der Waals surface area contributed by atoms with Gasteiger partial charge < -0.3 is 5.41 Å². The van der Waals surface area contributed by atoms with E-state index in [1.54, 1.807) is 31.5 Å². The Labute approximate surface area is 102 Å². The molecule has 0 aromatic heterocycles. The molecule has 1 rings (SSSR count). The molecule has 13 heavy (non-hydrogen) atoms. The Hall–Kier alpha value is -0.258. The van der Waals surface area contributed by atoms with Gasteiger partial charge in [0.15, 0.2) is 0 Å². The third-order valence-corrected chi connectivity index (χ3v) is 1.52. The standard InChI is InChI=1S/C10H10FN.U/c1-8(12)6-7-9-4-2-3-5-10(9)11;/h2-5,7H,6H2,1H3;/q-2;+2. The van der Waals surface area contributed by atoms with Crippen LogP contribution in [0.1, 0.15) is 18.9 Å². The second-order valence-corrected chi connectivity index (χ2v) is 2.67. The van der Waals surface area contributed by atoms with Crippen molar-refractivity contribution >= 4 is 5.71 Å². The summed E-state index contributed by atoms with van der Waals surface area (Å²) in [6.07, 6.45) is 2.06. The van der Waals surface area contributed by atoms with Crippen LogP contribution in [0, 0.1) is 43.4 Å². The molecule has 0 amide bonds. The third-order valence-electron chi connectivity index (χ3n) is 1.52. The molecule has 66 valence electrons. The summed E-state index contributed by atoms with van der Waals surface area (Å²) in [6.45, 7) is 1.59. The van der Waals surface area contributed by atoms with E-state index in [-0.39, 0.29) is 36.9 Å². The Morgan fingerprint density at radius 1 is 1.46 bits per heavy atom. The van der Waals surface area contributed by atoms with E-state index < -0.39 is 0 Å². The average Bonchev–Trinajstić information content (AvgIpc) is 2.03. The van der Waals surface area contributed by atoms with Gasteiger partial charge in [-0.05, 0) is 0 Å². The first-order chi connectivity index (χ1) is 5.70. The topological polar surface area (TPSA) is 22.3 Å². The monoisotopic (exact) mass is 401 g/mol. The Kier molecular flexibility index (Phi) is 6.11. The molecule has 0 unspecified atom stereocenters. The second-order valence-electron chi connectivity index (χ2n) is 2.67. The average molecular weight is 401 g/mol. The van der Waals surface area contributed by atoms with E-state index in [1.807, 2.05) is 0 Å².